The summed E-state index contributed by atoms with van der Waals surface area (Å²) in [5.41, 5.74) is 3.92. The second-order valence-electron chi connectivity index (χ2n) is 6.80. The lowest BCUT2D eigenvalue weighted by Gasteiger charge is -2.10. The van der Waals surface area contributed by atoms with Crippen molar-refractivity contribution in [3.8, 4) is 5.75 Å². The topological polar surface area (TPSA) is 64.4 Å². The first-order valence-corrected chi connectivity index (χ1v) is 10.6. The Bertz CT molecular complexity index is 932. The Morgan fingerprint density at radius 1 is 1.14 bits per heavy atom. The first-order valence-electron chi connectivity index (χ1n) is 9.63. The SMILES string of the molecule is COc1ccc(CCCNC(=O)c2ccccc2SCc2c(C)noc2C)cc1. The number of carbonyl (C=O) groups excluding carboxylic acids is 1. The fraction of sp³-hybridized carbons (Fsp3) is 0.304. The van der Waals surface area contributed by atoms with Crippen molar-refractivity contribution in [3.05, 3.63) is 76.7 Å². The van der Waals surface area contributed by atoms with Crippen LogP contribution < -0.4 is 10.1 Å². The lowest BCUT2D eigenvalue weighted by atomic mass is 10.1. The number of hydrogen-bond acceptors (Lipinski definition) is 5. The number of benzene rings is 2. The van der Waals surface area contributed by atoms with Crippen LogP contribution in [-0.4, -0.2) is 24.7 Å². The monoisotopic (exact) mass is 410 g/mol. The Kier molecular flexibility index (Phi) is 7.36. The first kappa shape index (κ1) is 21.0. The van der Waals surface area contributed by atoms with Crippen molar-refractivity contribution in [1.29, 1.82) is 0 Å². The highest BCUT2D eigenvalue weighted by molar-refractivity contribution is 7.98. The number of nitrogens with one attached hydrogen (secondary N) is 1. The number of hydrogen-bond donors (Lipinski definition) is 1. The van der Waals surface area contributed by atoms with Crippen LogP contribution in [0.2, 0.25) is 0 Å². The molecule has 0 aliphatic carbocycles. The van der Waals surface area contributed by atoms with Crippen LogP contribution in [0.3, 0.4) is 0 Å². The summed E-state index contributed by atoms with van der Waals surface area (Å²) < 4.78 is 10.4. The fourth-order valence-corrected chi connectivity index (χ4v) is 4.22. The van der Waals surface area contributed by atoms with E-state index in [2.05, 4.69) is 22.6 Å². The summed E-state index contributed by atoms with van der Waals surface area (Å²) in [6.07, 6.45) is 1.79. The third-order valence-corrected chi connectivity index (χ3v) is 5.87. The average molecular weight is 411 g/mol. The van der Waals surface area contributed by atoms with Gasteiger partial charge in [-0.1, -0.05) is 29.4 Å². The molecule has 6 heteroatoms. The maximum atomic E-state index is 12.7. The molecular formula is C23H26N2O3S. The van der Waals surface area contributed by atoms with E-state index < -0.39 is 0 Å². The minimum atomic E-state index is -0.0402. The van der Waals surface area contributed by atoms with Gasteiger partial charge in [0.1, 0.15) is 11.5 Å². The number of carbonyl (C=O) groups is 1. The van der Waals surface area contributed by atoms with Crippen LogP contribution in [-0.2, 0) is 12.2 Å². The molecule has 3 rings (SSSR count). The highest BCUT2D eigenvalue weighted by Gasteiger charge is 2.14. The van der Waals surface area contributed by atoms with Gasteiger partial charge in [0.25, 0.3) is 5.91 Å². The van der Waals surface area contributed by atoms with Gasteiger partial charge in [0, 0.05) is 22.8 Å². The molecule has 0 aliphatic heterocycles. The highest BCUT2D eigenvalue weighted by Crippen LogP contribution is 2.28. The molecule has 3 aromatic rings. The molecule has 0 atom stereocenters. The predicted molar refractivity (Wildman–Crippen MR) is 116 cm³/mol. The number of ether oxygens (including phenoxy) is 1. The van der Waals surface area contributed by atoms with Crippen LogP contribution in [0, 0.1) is 13.8 Å². The normalized spacial score (nSPS) is 10.7. The molecule has 152 valence electrons. The van der Waals surface area contributed by atoms with Crippen LogP contribution in [0.4, 0.5) is 0 Å². The molecule has 0 fully saturated rings. The van der Waals surface area contributed by atoms with E-state index in [1.165, 1.54) is 5.56 Å². The van der Waals surface area contributed by atoms with E-state index in [0.717, 1.165) is 46.3 Å². The van der Waals surface area contributed by atoms with Gasteiger partial charge >= 0.3 is 0 Å². The van der Waals surface area contributed by atoms with Crippen LogP contribution in [0.15, 0.2) is 57.9 Å². The van der Waals surface area contributed by atoms with E-state index >= 15 is 0 Å². The molecule has 1 amide bonds. The molecule has 1 aromatic heterocycles. The molecule has 5 nitrogen and oxygen atoms in total. The molecular weight excluding hydrogens is 384 g/mol. The number of amides is 1. The van der Waals surface area contributed by atoms with Crippen molar-refractivity contribution in [3.63, 3.8) is 0 Å². The minimum Gasteiger partial charge on any atom is -0.497 e. The summed E-state index contributed by atoms with van der Waals surface area (Å²) in [6, 6.07) is 15.7. The van der Waals surface area contributed by atoms with Gasteiger partial charge < -0.3 is 14.6 Å². The van der Waals surface area contributed by atoms with Gasteiger partial charge in [-0.05, 0) is 56.5 Å². The quantitative estimate of drug-likeness (QED) is 0.399. The van der Waals surface area contributed by atoms with E-state index in [4.69, 9.17) is 9.26 Å². The zero-order chi connectivity index (χ0) is 20.6. The van der Waals surface area contributed by atoms with Crippen molar-refractivity contribution in [1.82, 2.24) is 10.5 Å². The van der Waals surface area contributed by atoms with Crippen LogP contribution in [0.5, 0.6) is 5.75 Å². The molecule has 29 heavy (non-hydrogen) atoms. The maximum Gasteiger partial charge on any atom is 0.252 e. The fourth-order valence-electron chi connectivity index (χ4n) is 3.02. The van der Waals surface area contributed by atoms with Gasteiger partial charge in [-0.3, -0.25) is 4.79 Å². The lowest BCUT2D eigenvalue weighted by Crippen LogP contribution is -2.25. The van der Waals surface area contributed by atoms with Gasteiger partial charge in [-0.15, -0.1) is 11.8 Å². The van der Waals surface area contributed by atoms with E-state index in [9.17, 15) is 4.79 Å². The van der Waals surface area contributed by atoms with E-state index in [1.54, 1.807) is 18.9 Å². The number of aryl methyl sites for hydroxylation is 3. The number of nitrogens with zero attached hydrogens (tertiary/aromatic N) is 1. The van der Waals surface area contributed by atoms with Gasteiger partial charge in [0.05, 0.1) is 18.4 Å². The zero-order valence-electron chi connectivity index (χ0n) is 17.0. The molecule has 0 saturated heterocycles. The third-order valence-electron chi connectivity index (χ3n) is 4.77. The Labute approximate surface area is 175 Å². The second-order valence-corrected chi connectivity index (χ2v) is 7.81. The second kappa shape index (κ2) is 10.2. The van der Waals surface area contributed by atoms with Gasteiger partial charge in [0.15, 0.2) is 0 Å². The minimum absolute atomic E-state index is 0.0402. The largest absolute Gasteiger partial charge is 0.497 e. The average Bonchev–Trinajstić information content (AvgIpc) is 3.07. The summed E-state index contributed by atoms with van der Waals surface area (Å²) in [5.74, 6) is 2.37. The Balaban J connectivity index is 1.52. The lowest BCUT2D eigenvalue weighted by molar-refractivity contribution is 0.0950. The molecule has 0 spiro atoms. The Morgan fingerprint density at radius 2 is 1.90 bits per heavy atom. The third kappa shape index (κ3) is 5.64. The summed E-state index contributed by atoms with van der Waals surface area (Å²) in [5, 5.41) is 7.04. The molecule has 1 N–H and O–H groups in total. The van der Waals surface area contributed by atoms with E-state index in [-0.39, 0.29) is 5.91 Å². The van der Waals surface area contributed by atoms with Crippen molar-refractivity contribution in [2.24, 2.45) is 0 Å². The van der Waals surface area contributed by atoms with Crippen LogP contribution >= 0.6 is 11.8 Å². The number of aromatic nitrogens is 1. The molecule has 0 bridgehead atoms. The maximum absolute atomic E-state index is 12.7. The summed E-state index contributed by atoms with van der Waals surface area (Å²) in [6.45, 7) is 4.48. The number of thioether (sulfide) groups is 1. The molecule has 0 aliphatic rings. The highest BCUT2D eigenvalue weighted by atomic mass is 32.2. The number of rotatable bonds is 9. The summed E-state index contributed by atoms with van der Waals surface area (Å²) >= 11 is 1.63. The first-order chi connectivity index (χ1) is 14.1. The predicted octanol–water partition coefficient (Wildman–Crippen LogP) is 4.95. The Hall–Kier alpha value is -2.73. The standard InChI is InChI=1S/C23H26N2O3S/c1-16-21(17(2)28-25-16)15-29-22-9-5-4-8-20(22)23(26)24-14-6-7-18-10-12-19(27-3)13-11-18/h4-5,8-13H,6-7,14-15H2,1-3H3,(H,24,26). The smallest absolute Gasteiger partial charge is 0.252 e. The van der Waals surface area contributed by atoms with E-state index in [1.807, 2.05) is 50.2 Å². The van der Waals surface area contributed by atoms with Gasteiger partial charge in [-0.2, -0.15) is 0 Å². The molecule has 0 unspecified atom stereocenters. The number of methoxy groups -OCH3 is 1. The van der Waals surface area contributed by atoms with Crippen molar-refractivity contribution >= 4 is 17.7 Å². The summed E-state index contributed by atoms with van der Waals surface area (Å²) in [4.78, 5) is 13.6. The van der Waals surface area contributed by atoms with Crippen molar-refractivity contribution < 1.29 is 14.1 Å². The van der Waals surface area contributed by atoms with Gasteiger partial charge in [0.2, 0.25) is 0 Å². The zero-order valence-corrected chi connectivity index (χ0v) is 17.8. The van der Waals surface area contributed by atoms with Crippen LogP contribution in [0.1, 0.15) is 39.4 Å². The molecule has 0 saturated carbocycles. The molecule has 1 heterocycles. The van der Waals surface area contributed by atoms with Crippen LogP contribution in [0.25, 0.3) is 0 Å². The Morgan fingerprint density at radius 3 is 2.59 bits per heavy atom. The van der Waals surface area contributed by atoms with Crippen molar-refractivity contribution in [2.75, 3.05) is 13.7 Å². The van der Waals surface area contributed by atoms with Gasteiger partial charge in [-0.25, -0.2) is 0 Å². The molecule has 0 radical (unpaired) electrons. The van der Waals surface area contributed by atoms with Crippen molar-refractivity contribution in [2.45, 2.75) is 37.3 Å². The van der Waals surface area contributed by atoms with E-state index in [0.29, 0.717) is 12.1 Å². The molecule has 2 aromatic carbocycles. The summed E-state index contributed by atoms with van der Waals surface area (Å²) in [7, 11) is 1.66.